The Morgan fingerprint density at radius 2 is 1.38 bits per heavy atom. The number of aromatic nitrogens is 1. The van der Waals surface area contributed by atoms with E-state index in [1.165, 1.54) is 11.1 Å². The summed E-state index contributed by atoms with van der Waals surface area (Å²) >= 11 is 0. The number of hydrogen-bond acceptors (Lipinski definition) is 0. The first-order valence-corrected chi connectivity index (χ1v) is 9.57. The van der Waals surface area contributed by atoms with Crippen molar-refractivity contribution >= 4 is 0 Å². The minimum atomic E-state index is -4.33. The van der Waals surface area contributed by atoms with Crippen LogP contribution in [0.25, 0.3) is 33.5 Å². The van der Waals surface area contributed by atoms with Gasteiger partial charge in [-0.05, 0) is 35.2 Å². The van der Waals surface area contributed by atoms with Gasteiger partial charge in [-0.2, -0.15) is 13.2 Å². The van der Waals surface area contributed by atoms with Crippen LogP contribution < -0.4 is 0 Å². The molecule has 2 heterocycles. The monoisotopic (exact) mass is 389 g/mol. The van der Waals surface area contributed by atoms with Crippen molar-refractivity contribution in [2.45, 2.75) is 19.1 Å². The fraction of sp³-hybridized carbons (Fsp3) is 0.120. The smallest absolute Gasteiger partial charge is 0.346 e. The number of nitrogens with zero attached hydrogens (tertiary/aromatic N) is 1. The standard InChI is InChI=1S/C25H18F3N/c26-25(27,28)20-12-10-18(11-13-20)22-16-29-15-14-17-6-4-5-9-21(17)24(29)23(22)19-7-2-1-3-8-19/h1-13,16H,14-15H2. The van der Waals surface area contributed by atoms with Crippen LogP contribution in [0, 0.1) is 0 Å². The van der Waals surface area contributed by atoms with Crippen molar-refractivity contribution in [3.63, 3.8) is 0 Å². The van der Waals surface area contributed by atoms with Gasteiger partial charge < -0.3 is 4.57 Å². The highest BCUT2D eigenvalue weighted by Crippen LogP contribution is 2.45. The fourth-order valence-corrected chi connectivity index (χ4v) is 4.19. The zero-order valence-electron chi connectivity index (χ0n) is 15.6. The molecule has 4 heteroatoms. The molecule has 0 spiro atoms. The summed E-state index contributed by atoms with van der Waals surface area (Å²) in [5.41, 5.74) is 6.87. The quantitative estimate of drug-likeness (QED) is 0.346. The zero-order valence-corrected chi connectivity index (χ0v) is 15.6. The second kappa shape index (κ2) is 6.66. The summed E-state index contributed by atoms with van der Waals surface area (Å²) in [5.74, 6) is 0. The van der Waals surface area contributed by atoms with Crippen molar-refractivity contribution in [3.05, 3.63) is 96.2 Å². The summed E-state index contributed by atoms with van der Waals surface area (Å²) in [4.78, 5) is 0. The van der Waals surface area contributed by atoms with Crippen LogP contribution in [-0.2, 0) is 19.1 Å². The van der Waals surface area contributed by atoms with Crippen LogP contribution in [0.2, 0.25) is 0 Å². The van der Waals surface area contributed by atoms with Crippen LogP contribution >= 0.6 is 0 Å². The van der Waals surface area contributed by atoms with Crippen LogP contribution in [-0.4, -0.2) is 4.57 Å². The number of rotatable bonds is 2. The molecule has 0 unspecified atom stereocenters. The predicted octanol–water partition coefficient (Wildman–Crippen LogP) is 7.06. The highest BCUT2D eigenvalue weighted by atomic mass is 19.4. The van der Waals surface area contributed by atoms with E-state index in [0.29, 0.717) is 0 Å². The van der Waals surface area contributed by atoms with Crippen molar-refractivity contribution in [1.82, 2.24) is 4.57 Å². The normalized spacial score (nSPS) is 13.1. The Balaban J connectivity index is 1.75. The molecule has 0 atom stereocenters. The lowest BCUT2D eigenvalue weighted by atomic mass is 9.91. The summed E-state index contributed by atoms with van der Waals surface area (Å²) in [6, 6.07) is 23.9. The summed E-state index contributed by atoms with van der Waals surface area (Å²) < 4.78 is 41.3. The molecule has 29 heavy (non-hydrogen) atoms. The largest absolute Gasteiger partial charge is 0.416 e. The first-order valence-electron chi connectivity index (χ1n) is 9.57. The van der Waals surface area contributed by atoms with Gasteiger partial charge in [0.05, 0.1) is 11.3 Å². The molecule has 0 saturated carbocycles. The van der Waals surface area contributed by atoms with Gasteiger partial charge in [0.1, 0.15) is 0 Å². The molecule has 1 aliphatic heterocycles. The van der Waals surface area contributed by atoms with E-state index >= 15 is 0 Å². The van der Waals surface area contributed by atoms with Gasteiger partial charge >= 0.3 is 6.18 Å². The van der Waals surface area contributed by atoms with E-state index in [9.17, 15) is 13.2 Å². The van der Waals surface area contributed by atoms with Gasteiger partial charge in [0.25, 0.3) is 0 Å². The highest BCUT2D eigenvalue weighted by molar-refractivity contribution is 5.95. The predicted molar refractivity (Wildman–Crippen MR) is 109 cm³/mol. The Hall–Kier alpha value is -3.27. The van der Waals surface area contributed by atoms with Crippen molar-refractivity contribution in [3.8, 4) is 33.5 Å². The Bertz CT molecular complexity index is 1170. The van der Waals surface area contributed by atoms with Crippen molar-refractivity contribution < 1.29 is 13.2 Å². The van der Waals surface area contributed by atoms with E-state index in [-0.39, 0.29) is 0 Å². The first-order chi connectivity index (χ1) is 14.0. The highest BCUT2D eigenvalue weighted by Gasteiger charge is 2.30. The number of benzene rings is 3. The van der Waals surface area contributed by atoms with Gasteiger partial charge in [0.2, 0.25) is 0 Å². The Labute approximate surface area is 167 Å². The topological polar surface area (TPSA) is 4.93 Å². The van der Waals surface area contributed by atoms with Gasteiger partial charge in [-0.3, -0.25) is 0 Å². The van der Waals surface area contributed by atoms with Crippen molar-refractivity contribution in [1.29, 1.82) is 0 Å². The van der Waals surface area contributed by atoms with Gasteiger partial charge in [0.15, 0.2) is 0 Å². The minimum Gasteiger partial charge on any atom is -0.346 e. The molecule has 0 N–H and O–H groups in total. The molecule has 0 amide bonds. The molecule has 1 aromatic heterocycles. The minimum absolute atomic E-state index is 0.628. The molecular formula is C25H18F3N. The maximum atomic E-state index is 13.0. The maximum absolute atomic E-state index is 13.0. The third-order valence-corrected chi connectivity index (χ3v) is 5.56. The summed E-state index contributed by atoms with van der Waals surface area (Å²) in [7, 11) is 0. The fourth-order valence-electron chi connectivity index (χ4n) is 4.19. The average Bonchev–Trinajstić information content (AvgIpc) is 3.14. The molecule has 0 bridgehead atoms. The van der Waals surface area contributed by atoms with Crippen LogP contribution in [0.15, 0.2) is 85.1 Å². The van der Waals surface area contributed by atoms with Gasteiger partial charge in [-0.15, -0.1) is 0 Å². The molecule has 0 aliphatic carbocycles. The lowest BCUT2D eigenvalue weighted by molar-refractivity contribution is -0.137. The number of fused-ring (bicyclic) bond motifs is 3. The van der Waals surface area contributed by atoms with E-state index in [1.807, 2.05) is 24.3 Å². The Morgan fingerprint density at radius 1 is 0.690 bits per heavy atom. The second-order valence-electron chi connectivity index (χ2n) is 7.31. The van der Waals surface area contributed by atoms with Gasteiger partial charge in [-0.1, -0.05) is 66.7 Å². The lowest BCUT2D eigenvalue weighted by Crippen LogP contribution is -2.09. The molecule has 5 rings (SSSR count). The molecular weight excluding hydrogens is 371 g/mol. The molecule has 144 valence electrons. The molecule has 1 aliphatic rings. The zero-order chi connectivity index (χ0) is 20.0. The van der Waals surface area contributed by atoms with E-state index < -0.39 is 11.7 Å². The lowest BCUT2D eigenvalue weighted by Gasteiger charge is -2.21. The van der Waals surface area contributed by atoms with E-state index in [0.717, 1.165) is 53.0 Å². The number of hydrogen-bond donors (Lipinski definition) is 0. The van der Waals surface area contributed by atoms with Crippen LogP contribution in [0.4, 0.5) is 13.2 Å². The SMILES string of the molecule is FC(F)(F)c1ccc(-c2cn3c(c2-c2ccccc2)-c2ccccc2CC3)cc1. The number of alkyl halides is 3. The molecule has 0 saturated heterocycles. The van der Waals surface area contributed by atoms with E-state index in [4.69, 9.17) is 0 Å². The van der Waals surface area contributed by atoms with Gasteiger partial charge in [0, 0.05) is 29.4 Å². The third kappa shape index (κ3) is 3.05. The molecule has 4 aromatic rings. The molecule has 0 radical (unpaired) electrons. The van der Waals surface area contributed by atoms with Crippen molar-refractivity contribution in [2.24, 2.45) is 0 Å². The Morgan fingerprint density at radius 3 is 2.10 bits per heavy atom. The molecule has 1 nitrogen and oxygen atoms in total. The van der Waals surface area contributed by atoms with Crippen molar-refractivity contribution in [2.75, 3.05) is 0 Å². The number of aryl methyl sites for hydroxylation is 2. The summed E-state index contributed by atoms with van der Waals surface area (Å²) in [6.07, 6.45) is -1.31. The average molecular weight is 389 g/mol. The Kier molecular flexibility index (Phi) is 4.09. The molecule has 3 aromatic carbocycles. The summed E-state index contributed by atoms with van der Waals surface area (Å²) in [6.45, 7) is 0.854. The van der Waals surface area contributed by atoms with Crippen LogP contribution in [0.3, 0.4) is 0 Å². The molecule has 0 fully saturated rings. The summed E-state index contributed by atoms with van der Waals surface area (Å²) in [5, 5.41) is 0. The van der Waals surface area contributed by atoms with Gasteiger partial charge in [-0.25, -0.2) is 0 Å². The first kappa shape index (κ1) is 17.8. The van der Waals surface area contributed by atoms with Crippen LogP contribution in [0.5, 0.6) is 0 Å². The van der Waals surface area contributed by atoms with E-state index in [2.05, 4.69) is 41.1 Å². The number of halogens is 3. The third-order valence-electron chi connectivity index (χ3n) is 5.56. The maximum Gasteiger partial charge on any atom is 0.416 e. The second-order valence-corrected chi connectivity index (χ2v) is 7.31. The van der Waals surface area contributed by atoms with Crippen LogP contribution in [0.1, 0.15) is 11.1 Å². The van der Waals surface area contributed by atoms with E-state index in [1.54, 1.807) is 12.1 Å².